The molecule has 1 aliphatic rings. The van der Waals surface area contributed by atoms with Gasteiger partial charge in [0.15, 0.2) is 0 Å². The average molecular weight is 380 g/mol. The Morgan fingerprint density at radius 3 is 2.25 bits per heavy atom. The van der Waals surface area contributed by atoms with Crippen LogP contribution in [0.4, 0.5) is 0 Å². The summed E-state index contributed by atoms with van der Waals surface area (Å²) in [5, 5.41) is 2.94. The van der Waals surface area contributed by atoms with Gasteiger partial charge in [-0.1, -0.05) is 74.5 Å². The summed E-state index contributed by atoms with van der Waals surface area (Å²) < 4.78 is 0. The third-order valence-corrected chi connectivity index (χ3v) is 5.36. The van der Waals surface area contributed by atoms with Crippen molar-refractivity contribution in [3.8, 4) is 0 Å². The molecule has 5 heteroatoms. The van der Waals surface area contributed by atoms with Crippen molar-refractivity contribution in [2.24, 2.45) is 11.7 Å². The summed E-state index contributed by atoms with van der Waals surface area (Å²) in [6.45, 7) is 5.00. The van der Waals surface area contributed by atoms with E-state index in [0.29, 0.717) is 13.1 Å². The second kappa shape index (κ2) is 9.02. The van der Waals surface area contributed by atoms with Gasteiger partial charge in [-0.3, -0.25) is 9.59 Å². The minimum atomic E-state index is -0.544. The molecule has 0 spiro atoms. The molecule has 3 rings (SSSR count). The summed E-state index contributed by atoms with van der Waals surface area (Å²) in [6.07, 6.45) is 0.267. The number of likely N-dealkylation sites (tertiary alicyclic amines) is 1. The summed E-state index contributed by atoms with van der Waals surface area (Å²) in [7, 11) is 0. The minimum absolute atomic E-state index is 0.000719. The van der Waals surface area contributed by atoms with E-state index >= 15 is 0 Å². The Morgan fingerprint density at radius 1 is 1.04 bits per heavy atom. The van der Waals surface area contributed by atoms with E-state index < -0.39 is 6.04 Å². The molecule has 1 aliphatic heterocycles. The highest BCUT2D eigenvalue weighted by Crippen LogP contribution is 2.27. The highest BCUT2D eigenvalue weighted by Gasteiger charge is 2.37. The lowest BCUT2D eigenvalue weighted by atomic mass is 9.95. The van der Waals surface area contributed by atoms with Crippen molar-refractivity contribution in [3.05, 3.63) is 71.8 Å². The van der Waals surface area contributed by atoms with Crippen LogP contribution in [0, 0.1) is 5.92 Å². The highest BCUT2D eigenvalue weighted by molar-refractivity contribution is 5.89. The maximum atomic E-state index is 13.2. The topological polar surface area (TPSA) is 75.4 Å². The number of nitrogens with one attached hydrogen (secondary N) is 1. The number of benzene rings is 2. The van der Waals surface area contributed by atoms with Gasteiger partial charge in [0.1, 0.15) is 6.04 Å². The Balaban J connectivity index is 1.65. The van der Waals surface area contributed by atoms with E-state index in [0.717, 1.165) is 11.1 Å². The molecule has 1 heterocycles. The van der Waals surface area contributed by atoms with E-state index in [9.17, 15) is 9.59 Å². The quantitative estimate of drug-likeness (QED) is 0.809. The van der Waals surface area contributed by atoms with Gasteiger partial charge in [0.2, 0.25) is 11.8 Å². The molecule has 0 aromatic heterocycles. The zero-order valence-electron chi connectivity index (χ0n) is 16.5. The summed E-state index contributed by atoms with van der Waals surface area (Å²) in [6, 6.07) is 19.0. The lowest BCUT2D eigenvalue weighted by Crippen LogP contribution is -2.51. The Bertz CT molecular complexity index is 792. The monoisotopic (exact) mass is 379 g/mol. The lowest BCUT2D eigenvalue weighted by Gasteiger charge is -2.27. The summed E-state index contributed by atoms with van der Waals surface area (Å²) in [4.78, 5) is 27.4. The molecule has 0 aliphatic carbocycles. The van der Waals surface area contributed by atoms with Crippen LogP contribution in [-0.4, -0.2) is 41.9 Å². The number of nitrogens with zero attached hydrogens (tertiary/aromatic N) is 1. The van der Waals surface area contributed by atoms with Crippen molar-refractivity contribution < 1.29 is 9.59 Å². The largest absolute Gasteiger partial charge is 0.344 e. The van der Waals surface area contributed by atoms with Gasteiger partial charge in [-0.15, -0.1) is 0 Å². The van der Waals surface area contributed by atoms with Crippen molar-refractivity contribution in [3.63, 3.8) is 0 Å². The molecule has 0 radical (unpaired) electrons. The van der Waals surface area contributed by atoms with Crippen LogP contribution in [0.15, 0.2) is 60.7 Å². The van der Waals surface area contributed by atoms with Gasteiger partial charge < -0.3 is 16.0 Å². The predicted molar refractivity (Wildman–Crippen MR) is 111 cm³/mol. The molecule has 0 saturated carbocycles. The van der Waals surface area contributed by atoms with Crippen molar-refractivity contribution in [1.82, 2.24) is 10.2 Å². The normalized spacial score (nSPS) is 20.2. The van der Waals surface area contributed by atoms with Crippen LogP contribution >= 0.6 is 0 Å². The third-order valence-electron chi connectivity index (χ3n) is 5.36. The molecular weight excluding hydrogens is 350 g/mol. The van der Waals surface area contributed by atoms with Crippen molar-refractivity contribution in [2.75, 3.05) is 13.1 Å². The van der Waals surface area contributed by atoms with Gasteiger partial charge in [-0.2, -0.15) is 0 Å². The maximum absolute atomic E-state index is 13.2. The maximum Gasteiger partial charge on any atom is 0.245 e. The second-order valence-corrected chi connectivity index (χ2v) is 7.88. The summed E-state index contributed by atoms with van der Waals surface area (Å²) in [5.74, 6) is -0.0659. The van der Waals surface area contributed by atoms with Crippen LogP contribution in [-0.2, 0) is 16.0 Å². The fraction of sp³-hybridized carbons (Fsp3) is 0.391. The van der Waals surface area contributed by atoms with Crippen LogP contribution in [0.25, 0.3) is 0 Å². The molecule has 1 fully saturated rings. The highest BCUT2D eigenvalue weighted by atomic mass is 16.2. The first kappa shape index (κ1) is 20.1. The average Bonchev–Trinajstić information content (AvgIpc) is 3.08. The molecule has 1 unspecified atom stereocenters. The number of amides is 2. The van der Waals surface area contributed by atoms with Gasteiger partial charge in [-0.25, -0.2) is 0 Å². The van der Waals surface area contributed by atoms with Crippen LogP contribution < -0.4 is 11.1 Å². The van der Waals surface area contributed by atoms with E-state index in [-0.39, 0.29) is 36.1 Å². The lowest BCUT2D eigenvalue weighted by molar-refractivity contribution is -0.136. The van der Waals surface area contributed by atoms with Gasteiger partial charge in [0.25, 0.3) is 0 Å². The van der Waals surface area contributed by atoms with Gasteiger partial charge in [0.05, 0.1) is 6.42 Å². The number of carbonyl (C=O) groups excluding carboxylic acids is 2. The number of hydrogen-bond donors (Lipinski definition) is 2. The minimum Gasteiger partial charge on any atom is -0.344 e. The van der Waals surface area contributed by atoms with E-state index in [1.54, 1.807) is 4.90 Å². The first-order chi connectivity index (χ1) is 13.5. The number of nitrogens with two attached hydrogens (primary N) is 1. The van der Waals surface area contributed by atoms with Crippen molar-refractivity contribution in [2.45, 2.75) is 38.3 Å². The first-order valence-corrected chi connectivity index (χ1v) is 9.88. The third kappa shape index (κ3) is 4.78. The zero-order valence-corrected chi connectivity index (χ0v) is 16.5. The van der Waals surface area contributed by atoms with Crippen LogP contribution in [0.5, 0.6) is 0 Å². The smallest absolute Gasteiger partial charge is 0.245 e. The van der Waals surface area contributed by atoms with Crippen LogP contribution in [0.2, 0.25) is 0 Å². The van der Waals surface area contributed by atoms with Gasteiger partial charge >= 0.3 is 0 Å². The molecule has 5 nitrogen and oxygen atoms in total. The molecule has 2 aromatic rings. The van der Waals surface area contributed by atoms with E-state index in [4.69, 9.17) is 5.73 Å². The van der Waals surface area contributed by atoms with Gasteiger partial charge in [-0.05, 0) is 17.0 Å². The Kier molecular flexibility index (Phi) is 6.47. The fourth-order valence-corrected chi connectivity index (χ4v) is 3.78. The molecule has 28 heavy (non-hydrogen) atoms. The Morgan fingerprint density at radius 2 is 1.64 bits per heavy atom. The molecule has 3 N–H and O–H groups in total. The van der Waals surface area contributed by atoms with Crippen molar-refractivity contribution in [1.29, 1.82) is 0 Å². The molecule has 0 bridgehead atoms. The number of rotatable bonds is 6. The first-order valence-electron chi connectivity index (χ1n) is 9.88. The molecular formula is C23H29N3O2. The van der Waals surface area contributed by atoms with E-state index in [2.05, 4.69) is 17.4 Å². The predicted octanol–water partition coefficient (Wildman–Crippen LogP) is 2.32. The van der Waals surface area contributed by atoms with E-state index in [1.165, 1.54) is 0 Å². The molecule has 3 atom stereocenters. The fourth-order valence-electron chi connectivity index (χ4n) is 3.78. The molecule has 1 saturated heterocycles. The summed E-state index contributed by atoms with van der Waals surface area (Å²) in [5.41, 5.74) is 8.42. The van der Waals surface area contributed by atoms with Crippen molar-refractivity contribution >= 4 is 11.8 Å². The molecule has 148 valence electrons. The van der Waals surface area contributed by atoms with Crippen LogP contribution in [0.3, 0.4) is 0 Å². The van der Waals surface area contributed by atoms with Crippen LogP contribution in [0.1, 0.15) is 30.9 Å². The zero-order chi connectivity index (χ0) is 20.1. The van der Waals surface area contributed by atoms with Gasteiger partial charge in [0, 0.05) is 25.0 Å². The second-order valence-electron chi connectivity index (χ2n) is 7.88. The number of hydrogen-bond acceptors (Lipinski definition) is 3. The number of carbonyl (C=O) groups is 2. The molecule has 2 amide bonds. The Hall–Kier alpha value is -2.66. The standard InChI is InChI=1S/C23H29N3O2/c1-16(2)22(25-21(27)13-17-9-5-3-6-10-17)23(28)26-14-19(20(24)15-26)18-11-7-4-8-12-18/h3-12,16,19-20,22H,13-15,24H2,1-2H3,(H,25,27)/t19-,20+,22?/m0/s1. The Labute approximate surface area is 166 Å². The SMILES string of the molecule is CC(C)C(NC(=O)Cc1ccccc1)C(=O)N1C[C@@H](N)[C@H](c2ccccc2)C1. The summed E-state index contributed by atoms with van der Waals surface area (Å²) >= 11 is 0. The molecule has 2 aromatic carbocycles. The van der Waals surface area contributed by atoms with E-state index in [1.807, 2.05) is 62.4 Å².